The molecule has 0 saturated carbocycles. The van der Waals surface area contributed by atoms with Crippen LogP contribution in [0, 0.1) is 0 Å². The SMILES string of the molecule is CC(=O)[O-].CCCCC[N+](CCO)(CCCCC)CCCCC.[Cl-]. The summed E-state index contributed by atoms with van der Waals surface area (Å²) >= 11 is 0. The maximum absolute atomic E-state index is 9.46. The van der Waals surface area contributed by atoms with Crippen molar-refractivity contribution in [1.82, 2.24) is 0 Å². The Morgan fingerprint density at radius 3 is 1.29 bits per heavy atom. The first-order valence-electron chi connectivity index (χ1n) is 9.61. The number of aliphatic carboxylic acids is 1. The molecule has 1 N–H and O–H groups in total. The van der Waals surface area contributed by atoms with E-state index in [4.69, 9.17) is 9.90 Å². The van der Waals surface area contributed by atoms with Crippen LogP contribution in [0.4, 0.5) is 0 Å². The molecule has 5 heteroatoms. The molecule has 0 rings (SSSR count). The Morgan fingerprint density at radius 2 is 1.08 bits per heavy atom. The molecule has 0 fully saturated rings. The highest BCUT2D eigenvalue weighted by Gasteiger charge is 2.25. The molecule has 0 saturated heterocycles. The average Bonchev–Trinajstić information content (AvgIpc) is 2.48. The van der Waals surface area contributed by atoms with Gasteiger partial charge in [0.25, 0.3) is 0 Å². The number of carbonyl (C=O) groups excluding carboxylic acids is 1. The van der Waals surface area contributed by atoms with Crippen molar-refractivity contribution in [2.75, 3.05) is 32.8 Å². The van der Waals surface area contributed by atoms with E-state index >= 15 is 0 Å². The quantitative estimate of drug-likeness (QED) is 0.351. The van der Waals surface area contributed by atoms with E-state index in [1.54, 1.807) is 0 Å². The summed E-state index contributed by atoms with van der Waals surface area (Å²) in [4.78, 5) is 8.89. The minimum atomic E-state index is -1.08. The van der Waals surface area contributed by atoms with Crippen LogP contribution in [-0.4, -0.2) is 48.3 Å². The molecule has 0 aromatic carbocycles. The molecule has 0 aliphatic carbocycles. The molecule has 0 heterocycles. The van der Waals surface area contributed by atoms with Crippen LogP contribution in [0.25, 0.3) is 0 Å². The van der Waals surface area contributed by atoms with Crippen LogP contribution in [-0.2, 0) is 4.79 Å². The summed E-state index contributed by atoms with van der Waals surface area (Å²) in [6.45, 7) is 13.0. The molecule has 0 radical (unpaired) electrons. The van der Waals surface area contributed by atoms with Crippen molar-refractivity contribution in [3.8, 4) is 0 Å². The second kappa shape index (κ2) is 20.7. The molecule has 0 unspecified atom stereocenters. The summed E-state index contributed by atoms with van der Waals surface area (Å²) < 4.78 is 1.18. The van der Waals surface area contributed by atoms with Crippen LogP contribution in [0.1, 0.15) is 85.5 Å². The number of halogens is 1. The third-order valence-corrected chi connectivity index (χ3v) is 4.28. The molecule has 0 aromatic rings. The Bertz CT molecular complexity index is 232. The first-order valence-corrected chi connectivity index (χ1v) is 9.61. The Morgan fingerprint density at radius 1 is 0.792 bits per heavy atom. The van der Waals surface area contributed by atoms with E-state index in [2.05, 4.69) is 20.8 Å². The number of hydrogen-bond donors (Lipinski definition) is 1. The van der Waals surface area contributed by atoms with Crippen molar-refractivity contribution >= 4 is 5.97 Å². The smallest absolute Gasteiger partial charge is 0.102 e. The monoisotopic (exact) mass is 366 g/mol. The molecule has 0 aromatic heterocycles. The molecule has 0 aliphatic heterocycles. The summed E-state index contributed by atoms with van der Waals surface area (Å²) in [5.41, 5.74) is 0. The minimum Gasteiger partial charge on any atom is -1.00 e. The zero-order valence-electron chi connectivity index (χ0n) is 16.5. The van der Waals surface area contributed by atoms with Gasteiger partial charge in [-0.1, -0.05) is 40.0 Å². The second-order valence-corrected chi connectivity index (χ2v) is 6.57. The van der Waals surface area contributed by atoms with Gasteiger partial charge < -0.3 is 31.9 Å². The lowest BCUT2D eigenvalue weighted by molar-refractivity contribution is -0.929. The fourth-order valence-corrected chi connectivity index (χ4v) is 2.97. The number of aliphatic hydroxyl groups excluding tert-OH is 1. The van der Waals surface area contributed by atoms with Gasteiger partial charge in [-0.2, -0.15) is 0 Å². The largest absolute Gasteiger partial charge is 1.00 e. The molecular formula is C19H41ClNO3-. The van der Waals surface area contributed by atoms with Crippen molar-refractivity contribution in [2.45, 2.75) is 85.5 Å². The number of carboxylic acids is 1. The number of carboxylic acid groups (broad SMARTS) is 1. The van der Waals surface area contributed by atoms with Gasteiger partial charge in [-0.25, -0.2) is 0 Å². The van der Waals surface area contributed by atoms with Gasteiger partial charge in [0.15, 0.2) is 0 Å². The molecule has 24 heavy (non-hydrogen) atoms. The van der Waals surface area contributed by atoms with Crippen LogP contribution in [0.5, 0.6) is 0 Å². The van der Waals surface area contributed by atoms with Crippen molar-refractivity contribution in [2.24, 2.45) is 0 Å². The van der Waals surface area contributed by atoms with Crippen LogP contribution >= 0.6 is 0 Å². The van der Waals surface area contributed by atoms with E-state index in [1.165, 1.54) is 81.9 Å². The number of unbranched alkanes of at least 4 members (excludes halogenated alkanes) is 6. The highest BCUT2D eigenvalue weighted by atomic mass is 35.5. The predicted molar refractivity (Wildman–Crippen MR) is 96.1 cm³/mol. The Hall–Kier alpha value is -0.320. The first kappa shape index (κ1) is 28.5. The molecule has 0 atom stereocenters. The molecule has 0 spiro atoms. The summed E-state index contributed by atoms with van der Waals surface area (Å²) in [6.07, 6.45) is 11.9. The van der Waals surface area contributed by atoms with E-state index in [9.17, 15) is 5.11 Å². The second-order valence-electron chi connectivity index (χ2n) is 6.57. The number of hydrogen-bond acceptors (Lipinski definition) is 3. The lowest BCUT2D eigenvalue weighted by atomic mass is 10.1. The van der Waals surface area contributed by atoms with Crippen LogP contribution in [0.2, 0.25) is 0 Å². The topological polar surface area (TPSA) is 60.4 Å². The molecule has 0 amide bonds. The van der Waals surface area contributed by atoms with Crippen molar-refractivity contribution < 1.29 is 31.9 Å². The summed E-state index contributed by atoms with van der Waals surface area (Å²) in [5.74, 6) is -1.08. The average molecular weight is 367 g/mol. The number of carbonyl (C=O) groups is 1. The molecule has 0 aliphatic rings. The van der Waals surface area contributed by atoms with Crippen LogP contribution in [0.3, 0.4) is 0 Å². The normalized spacial score (nSPS) is 10.5. The highest BCUT2D eigenvalue weighted by molar-refractivity contribution is 5.60. The zero-order valence-corrected chi connectivity index (χ0v) is 17.2. The van der Waals surface area contributed by atoms with E-state index < -0.39 is 5.97 Å². The van der Waals surface area contributed by atoms with Gasteiger partial charge >= 0.3 is 0 Å². The van der Waals surface area contributed by atoms with Crippen molar-refractivity contribution in [3.05, 3.63) is 0 Å². The Kier molecular flexibility index (Phi) is 24.6. The van der Waals surface area contributed by atoms with Gasteiger partial charge in [-0.3, -0.25) is 0 Å². The van der Waals surface area contributed by atoms with Gasteiger partial charge in [0.2, 0.25) is 0 Å². The Balaban J connectivity index is -0.000000787. The lowest BCUT2D eigenvalue weighted by Crippen LogP contribution is -3.00. The van der Waals surface area contributed by atoms with Gasteiger partial charge in [0, 0.05) is 5.97 Å². The maximum atomic E-state index is 9.46. The fraction of sp³-hybridized carbons (Fsp3) is 0.947. The van der Waals surface area contributed by atoms with Crippen molar-refractivity contribution in [1.29, 1.82) is 0 Å². The zero-order chi connectivity index (χ0) is 18.0. The number of nitrogens with zero attached hydrogens (tertiary/aromatic N) is 1. The molecular weight excluding hydrogens is 326 g/mol. The lowest BCUT2D eigenvalue weighted by Gasteiger charge is -2.39. The van der Waals surface area contributed by atoms with E-state index in [0.717, 1.165) is 13.5 Å². The predicted octanol–water partition coefficient (Wildman–Crippen LogP) is 0.126. The first-order chi connectivity index (χ1) is 11.0. The molecule has 4 nitrogen and oxygen atoms in total. The van der Waals surface area contributed by atoms with Gasteiger partial charge in [0.05, 0.1) is 26.2 Å². The Labute approximate surface area is 156 Å². The third-order valence-electron chi connectivity index (χ3n) is 4.28. The fourth-order valence-electron chi connectivity index (χ4n) is 2.97. The summed E-state index contributed by atoms with van der Waals surface area (Å²) in [6, 6.07) is 0. The van der Waals surface area contributed by atoms with Gasteiger partial charge in [-0.05, 0) is 45.4 Å². The van der Waals surface area contributed by atoms with Crippen LogP contribution < -0.4 is 17.5 Å². The van der Waals surface area contributed by atoms with E-state index in [1.807, 2.05) is 0 Å². The van der Waals surface area contributed by atoms with Gasteiger partial charge in [0.1, 0.15) is 6.54 Å². The van der Waals surface area contributed by atoms with E-state index in [0.29, 0.717) is 6.61 Å². The summed E-state index contributed by atoms with van der Waals surface area (Å²) in [5, 5.41) is 18.3. The number of rotatable bonds is 14. The van der Waals surface area contributed by atoms with Gasteiger partial charge in [-0.15, -0.1) is 0 Å². The number of quaternary nitrogens is 1. The minimum absolute atomic E-state index is 0. The maximum Gasteiger partial charge on any atom is 0.102 e. The summed E-state index contributed by atoms with van der Waals surface area (Å²) in [7, 11) is 0. The highest BCUT2D eigenvalue weighted by Crippen LogP contribution is 2.16. The van der Waals surface area contributed by atoms with E-state index in [-0.39, 0.29) is 12.4 Å². The molecule has 148 valence electrons. The van der Waals surface area contributed by atoms with Crippen molar-refractivity contribution in [3.63, 3.8) is 0 Å². The standard InChI is InChI=1S/C17H38NO.C2H4O2.ClH/c1-4-7-10-13-18(16-17-19,14-11-8-5-2)15-12-9-6-3;1-2(3)4;/h19H,4-17H2,1-3H3;1H3,(H,3,4);1H/q+1;;/p-2. The van der Waals surface area contributed by atoms with Crippen LogP contribution in [0.15, 0.2) is 0 Å². The number of aliphatic hydroxyl groups is 1. The molecule has 0 bridgehead atoms. The third kappa shape index (κ3) is 19.7.